The highest BCUT2D eigenvalue weighted by Crippen LogP contribution is 2.07. The van der Waals surface area contributed by atoms with Crippen molar-refractivity contribution < 1.29 is 4.79 Å². The standard InChI is InChI=1S/C9H15N3O/c1-7(2)12-8(4-5-11-12)9(13)6-10-3/h4-5,7,10H,6H2,1-3H3. The van der Waals surface area contributed by atoms with Gasteiger partial charge in [0.1, 0.15) is 5.69 Å². The van der Waals surface area contributed by atoms with Crippen LogP contribution in [0.4, 0.5) is 0 Å². The Labute approximate surface area is 77.9 Å². The monoisotopic (exact) mass is 181 g/mol. The number of ketones is 1. The number of likely N-dealkylation sites (N-methyl/N-ethyl adjacent to an activating group) is 1. The molecule has 0 aliphatic carbocycles. The van der Waals surface area contributed by atoms with Gasteiger partial charge in [-0.05, 0) is 27.0 Å². The summed E-state index contributed by atoms with van der Waals surface area (Å²) in [4.78, 5) is 11.5. The molecule has 0 aliphatic rings. The van der Waals surface area contributed by atoms with Crippen LogP contribution in [0.5, 0.6) is 0 Å². The molecule has 0 spiro atoms. The summed E-state index contributed by atoms with van der Waals surface area (Å²) < 4.78 is 1.74. The van der Waals surface area contributed by atoms with Gasteiger partial charge in [0.05, 0.1) is 6.54 Å². The van der Waals surface area contributed by atoms with Crippen LogP contribution in [-0.2, 0) is 0 Å². The number of rotatable bonds is 4. The molecule has 0 unspecified atom stereocenters. The molecule has 0 saturated carbocycles. The second kappa shape index (κ2) is 4.18. The van der Waals surface area contributed by atoms with Crippen LogP contribution in [0.25, 0.3) is 0 Å². The van der Waals surface area contributed by atoms with E-state index in [1.54, 1.807) is 24.0 Å². The fourth-order valence-electron chi connectivity index (χ4n) is 1.20. The van der Waals surface area contributed by atoms with Crippen LogP contribution in [-0.4, -0.2) is 29.2 Å². The van der Waals surface area contributed by atoms with Crippen molar-refractivity contribution in [2.75, 3.05) is 13.6 Å². The molecule has 0 amide bonds. The summed E-state index contributed by atoms with van der Waals surface area (Å²) in [5.41, 5.74) is 0.671. The Morgan fingerprint density at radius 1 is 1.69 bits per heavy atom. The van der Waals surface area contributed by atoms with Crippen molar-refractivity contribution >= 4 is 5.78 Å². The molecule has 0 fully saturated rings. The molecule has 1 aromatic rings. The van der Waals surface area contributed by atoms with E-state index in [0.29, 0.717) is 12.2 Å². The lowest BCUT2D eigenvalue weighted by atomic mass is 10.2. The minimum absolute atomic E-state index is 0.0775. The highest BCUT2D eigenvalue weighted by atomic mass is 16.1. The Morgan fingerprint density at radius 2 is 2.38 bits per heavy atom. The molecular formula is C9H15N3O. The van der Waals surface area contributed by atoms with E-state index in [-0.39, 0.29) is 11.8 Å². The highest BCUT2D eigenvalue weighted by Gasteiger charge is 2.12. The van der Waals surface area contributed by atoms with E-state index >= 15 is 0 Å². The lowest BCUT2D eigenvalue weighted by Crippen LogP contribution is -2.22. The minimum atomic E-state index is 0.0775. The number of carbonyl (C=O) groups excluding carboxylic acids is 1. The quantitative estimate of drug-likeness (QED) is 0.701. The molecular weight excluding hydrogens is 166 g/mol. The maximum Gasteiger partial charge on any atom is 0.194 e. The van der Waals surface area contributed by atoms with Gasteiger partial charge in [-0.3, -0.25) is 9.48 Å². The van der Waals surface area contributed by atoms with Crippen LogP contribution in [0.1, 0.15) is 30.4 Å². The molecule has 0 bridgehead atoms. The number of Topliss-reactive ketones (excluding diaryl/α,β-unsaturated/α-hetero) is 1. The van der Waals surface area contributed by atoms with Gasteiger partial charge < -0.3 is 5.32 Å². The van der Waals surface area contributed by atoms with Crippen molar-refractivity contribution in [3.05, 3.63) is 18.0 Å². The summed E-state index contributed by atoms with van der Waals surface area (Å²) in [7, 11) is 1.76. The Bertz CT molecular complexity index is 291. The molecule has 4 nitrogen and oxygen atoms in total. The molecule has 72 valence electrons. The minimum Gasteiger partial charge on any atom is -0.313 e. The van der Waals surface area contributed by atoms with Crippen molar-refractivity contribution in [3.63, 3.8) is 0 Å². The Balaban J connectivity index is 2.87. The second-order valence-electron chi connectivity index (χ2n) is 3.21. The Kier molecular flexibility index (Phi) is 3.19. The molecule has 4 heteroatoms. The lowest BCUT2D eigenvalue weighted by Gasteiger charge is -2.09. The number of nitrogens with one attached hydrogen (secondary N) is 1. The summed E-state index contributed by atoms with van der Waals surface area (Å²) in [6.45, 7) is 4.37. The molecule has 0 saturated heterocycles. The summed E-state index contributed by atoms with van der Waals surface area (Å²) in [6, 6.07) is 1.98. The van der Waals surface area contributed by atoms with E-state index in [0.717, 1.165) is 0 Å². The lowest BCUT2D eigenvalue weighted by molar-refractivity contribution is 0.0981. The Morgan fingerprint density at radius 3 is 2.92 bits per heavy atom. The van der Waals surface area contributed by atoms with Crippen LogP contribution in [0.15, 0.2) is 12.3 Å². The fourth-order valence-corrected chi connectivity index (χ4v) is 1.20. The zero-order valence-electron chi connectivity index (χ0n) is 8.24. The molecule has 1 aromatic heterocycles. The molecule has 0 atom stereocenters. The average molecular weight is 181 g/mol. The van der Waals surface area contributed by atoms with Crippen LogP contribution in [0.3, 0.4) is 0 Å². The van der Waals surface area contributed by atoms with Crippen molar-refractivity contribution in [1.29, 1.82) is 0 Å². The molecule has 0 radical (unpaired) electrons. The first-order chi connectivity index (χ1) is 6.16. The van der Waals surface area contributed by atoms with Gasteiger partial charge >= 0.3 is 0 Å². The predicted octanol–water partition coefficient (Wildman–Crippen LogP) is 0.866. The number of hydrogen-bond donors (Lipinski definition) is 1. The van der Waals surface area contributed by atoms with Gasteiger partial charge in [-0.15, -0.1) is 0 Å². The topological polar surface area (TPSA) is 46.9 Å². The first-order valence-electron chi connectivity index (χ1n) is 4.38. The Hall–Kier alpha value is -1.16. The van der Waals surface area contributed by atoms with Gasteiger partial charge in [-0.2, -0.15) is 5.10 Å². The van der Waals surface area contributed by atoms with Gasteiger partial charge in [0.15, 0.2) is 5.78 Å². The van der Waals surface area contributed by atoms with E-state index in [9.17, 15) is 4.79 Å². The first kappa shape index (κ1) is 9.92. The van der Waals surface area contributed by atoms with Crippen molar-refractivity contribution in [2.24, 2.45) is 0 Å². The zero-order valence-corrected chi connectivity index (χ0v) is 8.24. The zero-order chi connectivity index (χ0) is 9.84. The van der Waals surface area contributed by atoms with Crippen LogP contribution in [0.2, 0.25) is 0 Å². The van der Waals surface area contributed by atoms with Crippen LogP contribution in [0, 0.1) is 0 Å². The van der Waals surface area contributed by atoms with E-state index in [1.165, 1.54) is 0 Å². The maximum atomic E-state index is 11.5. The van der Waals surface area contributed by atoms with Gasteiger partial charge in [-0.1, -0.05) is 0 Å². The van der Waals surface area contributed by atoms with Crippen molar-refractivity contribution in [3.8, 4) is 0 Å². The fraction of sp³-hybridized carbons (Fsp3) is 0.556. The van der Waals surface area contributed by atoms with E-state index < -0.39 is 0 Å². The second-order valence-corrected chi connectivity index (χ2v) is 3.21. The van der Waals surface area contributed by atoms with Crippen molar-refractivity contribution in [2.45, 2.75) is 19.9 Å². The summed E-state index contributed by atoms with van der Waals surface area (Å²) in [5, 5.41) is 6.92. The third-order valence-corrected chi connectivity index (χ3v) is 1.78. The van der Waals surface area contributed by atoms with E-state index in [2.05, 4.69) is 10.4 Å². The van der Waals surface area contributed by atoms with Gasteiger partial charge in [0.2, 0.25) is 0 Å². The van der Waals surface area contributed by atoms with Gasteiger partial charge in [-0.25, -0.2) is 0 Å². The molecule has 0 aromatic carbocycles. The largest absolute Gasteiger partial charge is 0.313 e. The van der Waals surface area contributed by atoms with Crippen LogP contribution >= 0.6 is 0 Å². The predicted molar refractivity (Wildman–Crippen MR) is 50.9 cm³/mol. The normalized spacial score (nSPS) is 10.8. The summed E-state index contributed by atoms with van der Waals surface area (Å²) in [5.74, 6) is 0.0775. The molecule has 1 heterocycles. The summed E-state index contributed by atoms with van der Waals surface area (Å²) in [6.07, 6.45) is 1.66. The smallest absolute Gasteiger partial charge is 0.194 e. The van der Waals surface area contributed by atoms with Crippen LogP contribution < -0.4 is 5.32 Å². The van der Waals surface area contributed by atoms with Crippen molar-refractivity contribution in [1.82, 2.24) is 15.1 Å². The maximum absolute atomic E-state index is 11.5. The van der Waals surface area contributed by atoms with Gasteiger partial charge in [0.25, 0.3) is 0 Å². The summed E-state index contributed by atoms with van der Waals surface area (Å²) >= 11 is 0. The first-order valence-corrected chi connectivity index (χ1v) is 4.38. The SMILES string of the molecule is CNCC(=O)c1ccnn1C(C)C. The average Bonchev–Trinajstić information content (AvgIpc) is 2.52. The number of hydrogen-bond acceptors (Lipinski definition) is 3. The third kappa shape index (κ3) is 2.15. The van der Waals surface area contributed by atoms with E-state index in [1.807, 2.05) is 13.8 Å². The van der Waals surface area contributed by atoms with E-state index in [4.69, 9.17) is 0 Å². The number of aromatic nitrogens is 2. The molecule has 0 aliphatic heterocycles. The molecule has 1 rings (SSSR count). The number of carbonyl (C=O) groups is 1. The van der Waals surface area contributed by atoms with Gasteiger partial charge in [0, 0.05) is 12.2 Å². The molecule has 13 heavy (non-hydrogen) atoms. The molecule has 1 N–H and O–H groups in total. The number of nitrogens with zero attached hydrogens (tertiary/aromatic N) is 2. The highest BCUT2D eigenvalue weighted by molar-refractivity contribution is 5.96. The third-order valence-electron chi connectivity index (χ3n) is 1.78.